The van der Waals surface area contributed by atoms with Crippen molar-refractivity contribution in [2.24, 2.45) is 7.05 Å². The van der Waals surface area contributed by atoms with E-state index in [1.807, 2.05) is 13.2 Å². The standard InChI is InChI=1S/C13H19N3O2/c1-13(18)6-3-7-16(10-13)12(17)5-4-11-8-14-15(2)9-11/h4-5,8-9,18H,3,6-7,10H2,1-2H3/b5-4+. The van der Waals surface area contributed by atoms with E-state index in [9.17, 15) is 9.90 Å². The second kappa shape index (κ2) is 4.94. The van der Waals surface area contributed by atoms with Crippen molar-refractivity contribution >= 4 is 12.0 Å². The van der Waals surface area contributed by atoms with Gasteiger partial charge in [0.15, 0.2) is 0 Å². The third-order valence-corrected chi connectivity index (χ3v) is 3.13. The van der Waals surface area contributed by atoms with E-state index in [-0.39, 0.29) is 5.91 Å². The minimum Gasteiger partial charge on any atom is -0.388 e. The van der Waals surface area contributed by atoms with Crippen molar-refractivity contribution < 1.29 is 9.90 Å². The molecule has 1 atom stereocenters. The van der Waals surface area contributed by atoms with Gasteiger partial charge in [-0.15, -0.1) is 0 Å². The van der Waals surface area contributed by atoms with Crippen LogP contribution in [0.25, 0.3) is 6.08 Å². The van der Waals surface area contributed by atoms with Gasteiger partial charge < -0.3 is 10.0 Å². The summed E-state index contributed by atoms with van der Waals surface area (Å²) < 4.78 is 1.69. The van der Waals surface area contributed by atoms with Crippen LogP contribution in [0.2, 0.25) is 0 Å². The lowest BCUT2D eigenvalue weighted by Gasteiger charge is -2.36. The minimum absolute atomic E-state index is 0.0566. The molecule has 2 heterocycles. The zero-order chi connectivity index (χ0) is 13.2. The van der Waals surface area contributed by atoms with Gasteiger partial charge in [-0.2, -0.15) is 5.10 Å². The molecule has 0 saturated carbocycles. The number of hydrogen-bond acceptors (Lipinski definition) is 3. The fourth-order valence-electron chi connectivity index (χ4n) is 2.21. The molecular formula is C13H19N3O2. The Morgan fingerprint density at radius 1 is 1.61 bits per heavy atom. The summed E-state index contributed by atoms with van der Waals surface area (Å²) in [5.41, 5.74) is 0.144. The number of β-amino-alcohol motifs (C(OH)–C–C–N with tert-alkyl or cyclic N) is 1. The summed E-state index contributed by atoms with van der Waals surface area (Å²) >= 11 is 0. The van der Waals surface area contributed by atoms with Gasteiger partial charge in [0.25, 0.3) is 0 Å². The number of carbonyl (C=O) groups is 1. The van der Waals surface area contributed by atoms with Crippen LogP contribution in [0.3, 0.4) is 0 Å². The Balaban J connectivity index is 1.97. The number of likely N-dealkylation sites (tertiary alicyclic amines) is 1. The summed E-state index contributed by atoms with van der Waals surface area (Å²) in [7, 11) is 1.83. The van der Waals surface area contributed by atoms with Crippen LogP contribution in [0.15, 0.2) is 18.5 Å². The lowest BCUT2D eigenvalue weighted by molar-refractivity contribution is -0.132. The molecule has 0 bridgehead atoms. The average molecular weight is 249 g/mol. The van der Waals surface area contributed by atoms with Gasteiger partial charge in [-0.1, -0.05) is 0 Å². The lowest BCUT2D eigenvalue weighted by Crippen LogP contribution is -2.48. The average Bonchev–Trinajstić information content (AvgIpc) is 2.70. The fraction of sp³-hybridized carbons (Fsp3) is 0.538. The van der Waals surface area contributed by atoms with Crippen molar-refractivity contribution in [3.63, 3.8) is 0 Å². The van der Waals surface area contributed by atoms with E-state index in [0.29, 0.717) is 13.1 Å². The Morgan fingerprint density at radius 3 is 3.00 bits per heavy atom. The van der Waals surface area contributed by atoms with Crippen LogP contribution in [0.4, 0.5) is 0 Å². The number of aryl methyl sites for hydroxylation is 1. The molecule has 1 unspecified atom stereocenters. The second-order valence-electron chi connectivity index (χ2n) is 5.14. The highest BCUT2D eigenvalue weighted by atomic mass is 16.3. The van der Waals surface area contributed by atoms with Crippen molar-refractivity contribution in [1.29, 1.82) is 0 Å². The smallest absolute Gasteiger partial charge is 0.246 e. The molecule has 0 aromatic carbocycles. The van der Waals surface area contributed by atoms with E-state index in [1.54, 1.807) is 34.9 Å². The highest BCUT2D eigenvalue weighted by Crippen LogP contribution is 2.20. The van der Waals surface area contributed by atoms with E-state index in [2.05, 4.69) is 5.10 Å². The van der Waals surface area contributed by atoms with Crippen molar-refractivity contribution in [2.75, 3.05) is 13.1 Å². The second-order valence-corrected chi connectivity index (χ2v) is 5.14. The van der Waals surface area contributed by atoms with E-state index in [0.717, 1.165) is 18.4 Å². The van der Waals surface area contributed by atoms with Crippen LogP contribution < -0.4 is 0 Å². The predicted molar refractivity (Wildman–Crippen MR) is 68.7 cm³/mol. The fourth-order valence-corrected chi connectivity index (χ4v) is 2.21. The Kier molecular flexibility index (Phi) is 3.52. The van der Waals surface area contributed by atoms with Crippen LogP contribution in [-0.2, 0) is 11.8 Å². The first-order valence-corrected chi connectivity index (χ1v) is 6.14. The molecule has 1 fully saturated rings. The molecular weight excluding hydrogens is 230 g/mol. The number of hydrogen-bond donors (Lipinski definition) is 1. The van der Waals surface area contributed by atoms with E-state index in [1.165, 1.54) is 0 Å². The predicted octanol–water partition coefficient (Wildman–Crippen LogP) is 0.807. The van der Waals surface area contributed by atoms with Crippen molar-refractivity contribution in [3.05, 3.63) is 24.0 Å². The summed E-state index contributed by atoms with van der Waals surface area (Å²) in [4.78, 5) is 13.7. The molecule has 1 saturated heterocycles. The molecule has 5 nitrogen and oxygen atoms in total. The molecule has 1 N–H and O–H groups in total. The van der Waals surface area contributed by atoms with Crippen molar-refractivity contribution in [1.82, 2.24) is 14.7 Å². The maximum atomic E-state index is 12.0. The topological polar surface area (TPSA) is 58.4 Å². The van der Waals surface area contributed by atoms with Gasteiger partial charge in [0.2, 0.25) is 5.91 Å². The minimum atomic E-state index is -0.754. The number of piperidine rings is 1. The largest absolute Gasteiger partial charge is 0.388 e. The van der Waals surface area contributed by atoms with Crippen molar-refractivity contribution in [3.8, 4) is 0 Å². The summed E-state index contributed by atoms with van der Waals surface area (Å²) in [6.45, 7) is 2.90. The molecule has 1 amide bonds. The Hall–Kier alpha value is -1.62. The quantitative estimate of drug-likeness (QED) is 0.789. The monoisotopic (exact) mass is 249 g/mol. The van der Waals surface area contributed by atoms with Gasteiger partial charge in [0.1, 0.15) is 0 Å². The normalized spacial score (nSPS) is 24.7. The third-order valence-electron chi connectivity index (χ3n) is 3.13. The Labute approximate surface area is 107 Å². The van der Waals surface area contributed by atoms with Gasteiger partial charge in [-0.25, -0.2) is 0 Å². The molecule has 0 radical (unpaired) electrons. The molecule has 1 aromatic rings. The molecule has 1 aliphatic heterocycles. The first-order chi connectivity index (χ1) is 8.46. The molecule has 0 aliphatic carbocycles. The summed E-state index contributed by atoms with van der Waals surface area (Å²) in [5.74, 6) is -0.0566. The number of aromatic nitrogens is 2. The zero-order valence-electron chi connectivity index (χ0n) is 10.8. The molecule has 1 aliphatic rings. The molecule has 5 heteroatoms. The Bertz CT molecular complexity index is 463. The SMILES string of the molecule is Cn1cc(/C=C/C(=O)N2CCCC(C)(O)C2)cn1. The molecule has 0 spiro atoms. The maximum absolute atomic E-state index is 12.0. The van der Waals surface area contributed by atoms with Crippen LogP contribution in [-0.4, -0.2) is 44.4 Å². The van der Waals surface area contributed by atoms with Gasteiger partial charge in [-0.05, 0) is 25.8 Å². The highest BCUT2D eigenvalue weighted by Gasteiger charge is 2.29. The van der Waals surface area contributed by atoms with Crippen LogP contribution in [0.5, 0.6) is 0 Å². The van der Waals surface area contributed by atoms with Gasteiger partial charge >= 0.3 is 0 Å². The summed E-state index contributed by atoms with van der Waals surface area (Å²) in [6, 6.07) is 0. The summed E-state index contributed by atoms with van der Waals surface area (Å²) in [6.07, 6.45) is 8.44. The number of amides is 1. The number of carbonyl (C=O) groups excluding carboxylic acids is 1. The first-order valence-electron chi connectivity index (χ1n) is 6.14. The van der Waals surface area contributed by atoms with Crippen molar-refractivity contribution in [2.45, 2.75) is 25.4 Å². The van der Waals surface area contributed by atoms with E-state index < -0.39 is 5.60 Å². The number of aliphatic hydroxyl groups is 1. The zero-order valence-corrected chi connectivity index (χ0v) is 10.8. The van der Waals surface area contributed by atoms with Gasteiger partial charge in [0.05, 0.1) is 11.8 Å². The molecule has 1 aromatic heterocycles. The lowest BCUT2D eigenvalue weighted by atomic mass is 9.95. The third kappa shape index (κ3) is 3.20. The van der Waals surface area contributed by atoms with Crippen LogP contribution in [0, 0.1) is 0 Å². The number of nitrogens with zero attached hydrogens (tertiary/aromatic N) is 3. The first kappa shape index (κ1) is 12.8. The van der Waals surface area contributed by atoms with Crippen LogP contribution >= 0.6 is 0 Å². The van der Waals surface area contributed by atoms with Gasteiger partial charge in [-0.3, -0.25) is 9.48 Å². The maximum Gasteiger partial charge on any atom is 0.246 e. The molecule has 98 valence electrons. The molecule has 2 rings (SSSR count). The Morgan fingerprint density at radius 2 is 2.39 bits per heavy atom. The highest BCUT2D eigenvalue weighted by molar-refractivity contribution is 5.91. The molecule has 18 heavy (non-hydrogen) atoms. The van der Waals surface area contributed by atoms with E-state index >= 15 is 0 Å². The van der Waals surface area contributed by atoms with Gasteiger partial charge in [0, 0.05) is 38.0 Å². The van der Waals surface area contributed by atoms with E-state index in [4.69, 9.17) is 0 Å². The number of rotatable bonds is 2. The van der Waals surface area contributed by atoms with Crippen LogP contribution in [0.1, 0.15) is 25.3 Å². The summed E-state index contributed by atoms with van der Waals surface area (Å²) in [5, 5.41) is 14.0.